The van der Waals surface area contributed by atoms with Gasteiger partial charge in [0.05, 0.1) is 11.4 Å². The van der Waals surface area contributed by atoms with E-state index >= 15 is 0 Å². The highest BCUT2D eigenvalue weighted by molar-refractivity contribution is 5.91. The summed E-state index contributed by atoms with van der Waals surface area (Å²) in [6.07, 6.45) is 0.442. The first-order valence-electron chi connectivity index (χ1n) is 10.8. The van der Waals surface area contributed by atoms with Crippen LogP contribution in [0, 0.1) is 20.8 Å². The van der Waals surface area contributed by atoms with Gasteiger partial charge < -0.3 is 5.32 Å². The maximum absolute atomic E-state index is 13.2. The van der Waals surface area contributed by atoms with E-state index < -0.39 is 0 Å². The number of nitrogens with zero attached hydrogens (tertiary/aromatic N) is 4. The molecule has 0 atom stereocenters. The topological polar surface area (TPSA) is 81.8 Å². The van der Waals surface area contributed by atoms with Gasteiger partial charge in [-0.3, -0.25) is 14.2 Å². The average Bonchev–Trinajstić information content (AvgIpc) is 3.11. The van der Waals surface area contributed by atoms with Gasteiger partial charge in [0.1, 0.15) is 11.2 Å². The number of aryl methyl sites for hydroxylation is 5. The monoisotopic (exact) mass is 429 g/mol. The molecule has 4 aromatic rings. The second kappa shape index (κ2) is 8.78. The molecule has 4 rings (SSSR count). The summed E-state index contributed by atoms with van der Waals surface area (Å²) < 4.78 is 3.45. The van der Waals surface area contributed by atoms with E-state index in [1.54, 1.807) is 9.25 Å². The van der Waals surface area contributed by atoms with E-state index in [2.05, 4.69) is 15.4 Å². The zero-order valence-corrected chi connectivity index (χ0v) is 18.8. The molecule has 7 nitrogen and oxygen atoms in total. The van der Waals surface area contributed by atoms with Gasteiger partial charge >= 0.3 is 0 Å². The lowest BCUT2D eigenvalue weighted by Crippen LogP contribution is -2.27. The summed E-state index contributed by atoms with van der Waals surface area (Å²) >= 11 is 0. The molecule has 0 aliphatic rings. The van der Waals surface area contributed by atoms with Gasteiger partial charge in [0.15, 0.2) is 5.65 Å². The number of para-hydroxylation sites is 1. The van der Waals surface area contributed by atoms with Crippen molar-refractivity contribution in [2.45, 2.75) is 47.1 Å². The maximum atomic E-state index is 13.2. The normalized spacial score (nSPS) is 11.1. The summed E-state index contributed by atoms with van der Waals surface area (Å²) in [5.74, 6) is -0.144. The van der Waals surface area contributed by atoms with Gasteiger partial charge in [0.25, 0.3) is 5.56 Å². The lowest BCUT2D eigenvalue weighted by molar-refractivity contribution is -0.116. The predicted octanol–water partition coefficient (Wildman–Crippen LogP) is 4.10. The standard InChI is InChI=1S/C25H27N5O2/c1-5-29-24-23(18(4)28-30(24)20-9-7-6-8-10-20)27-21(25(29)32)13-14-22(31)26-19-12-11-16(2)17(3)15-19/h6-12,15H,5,13-14H2,1-4H3,(H,26,31). The summed E-state index contributed by atoms with van der Waals surface area (Å²) in [5.41, 5.74) is 6.21. The van der Waals surface area contributed by atoms with Gasteiger partial charge in [0.2, 0.25) is 5.91 Å². The molecule has 0 bridgehead atoms. The van der Waals surface area contributed by atoms with Crippen LogP contribution < -0.4 is 10.9 Å². The molecule has 0 aliphatic carbocycles. The van der Waals surface area contributed by atoms with Crippen LogP contribution in [0.25, 0.3) is 16.9 Å². The van der Waals surface area contributed by atoms with Gasteiger partial charge in [-0.1, -0.05) is 24.3 Å². The molecule has 0 radical (unpaired) electrons. The molecule has 2 aromatic heterocycles. The number of fused-ring (bicyclic) bond motifs is 1. The van der Waals surface area contributed by atoms with Crippen molar-refractivity contribution in [1.82, 2.24) is 19.3 Å². The van der Waals surface area contributed by atoms with Crippen molar-refractivity contribution in [2.24, 2.45) is 0 Å². The number of carbonyl (C=O) groups is 1. The van der Waals surface area contributed by atoms with Crippen molar-refractivity contribution in [3.8, 4) is 5.69 Å². The van der Waals surface area contributed by atoms with Crippen LogP contribution in [0.5, 0.6) is 0 Å². The van der Waals surface area contributed by atoms with E-state index in [0.29, 0.717) is 23.4 Å². The van der Waals surface area contributed by atoms with Crippen LogP contribution in [-0.4, -0.2) is 25.2 Å². The summed E-state index contributed by atoms with van der Waals surface area (Å²) in [7, 11) is 0. The quantitative estimate of drug-likeness (QED) is 0.500. The Morgan fingerprint density at radius 3 is 2.47 bits per heavy atom. The Hall–Kier alpha value is -3.74. The third-order valence-electron chi connectivity index (χ3n) is 5.70. The number of hydrogen-bond acceptors (Lipinski definition) is 4. The van der Waals surface area contributed by atoms with Crippen molar-refractivity contribution in [3.63, 3.8) is 0 Å². The van der Waals surface area contributed by atoms with Crippen LogP contribution in [0.15, 0.2) is 53.3 Å². The molecular formula is C25H27N5O2. The van der Waals surface area contributed by atoms with E-state index in [9.17, 15) is 9.59 Å². The van der Waals surface area contributed by atoms with Crippen LogP contribution in [0.3, 0.4) is 0 Å². The smallest absolute Gasteiger partial charge is 0.273 e. The number of amides is 1. The molecule has 0 unspecified atom stereocenters. The molecule has 0 aliphatic heterocycles. The minimum atomic E-state index is -0.184. The first kappa shape index (κ1) is 21.5. The maximum Gasteiger partial charge on any atom is 0.273 e. The van der Waals surface area contributed by atoms with Gasteiger partial charge in [-0.25, -0.2) is 9.67 Å². The van der Waals surface area contributed by atoms with Crippen LogP contribution in [0.4, 0.5) is 5.69 Å². The van der Waals surface area contributed by atoms with E-state index in [1.807, 2.05) is 76.2 Å². The average molecular weight is 430 g/mol. The SMILES string of the molecule is CCn1c(=O)c(CCC(=O)Nc2ccc(C)c(C)c2)nc2c(C)nn(-c3ccccc3)c21. The Morgan fingerprint density at radius 1 is 1.03 bits per heavy atom. The molecule has 0 saturated carbocycles. The van der Waals surface area contributed by atoms with E-state index in [0.717, 1.165) is 22.6 Å². The Kier molecular flexibility index (Phi) is 5.90. The van der Waals surface area contributed by atoms with Crippen molar-refractivity contribution in [1.29, 1.82) is 0 Å². The van der Waals surface area contributed by atoms with Gasteiger partial charge in [-0.2, -0.15) is 5.10 Å². The summed E-state index contributed by atoms with van der Waals surface area (Å²) in [6, 6.07) is 15.5. The fourth-order valence-corrected chi connectivity index (χ4v) is 3.79. The van der Waals surface area contributed by atoms with Crippen molar-refractivity contribution < 1.29 is 4.79 Å². The van der Waals surface area contributed by atoms with Crippen LogP contribution in [0.1, 0.15) is 35.9 Å². The fourth-order valence-electron chi connectivity index (χ4n) is 3.79. The summed E-state index contributed by atoms with van der Waals surface area (Å²) in [6.45, 7) is 8.33. The number of nitrogens with one attached hydrogen (secondary N) is 1. The highest BCUT2D eigenvalue weighted by Gasteiger charge is 2.19. The molecular weight excluding hydrogens is 402 g/mol. The molecule has 2 aromatic carbocycles. The number of rotatable bonds is 6. The summed E-state index contributed by atoms with van der Waals surface area (Å²) in [4.78, 5) is 30.3. The van der Waals surface area contributed by atoms with Gasteiger partial charge in [-0.15, -0.1) is 0 Å². The molecule has 2 heterocycles. The number of benzene rings is 2. The largest absolute Gasteiger partial charge is 0.326 e. The highest BCUT2D eigenvalue weighted by atomic mass is 16.1. The molecule has 0 saturated heterocycles. The van der Waals surface area contributed by atoms with Crippen molar-refractivity contribution >= 4 is 22.8 Å². The van der Waals surface area contributed by atoms with Gasteiger partial charge in [0, 0.05) is 25.1 Å². The molecule has 164 valence electrons. The van der Waals surface area contributed by atoms with E-state index in [-0.39, 0.29) is 24.3 Å². The number of hydrogen-bond donors (Lipinski definition) is 1. The molecule has 0 fully saturated rings. The second-order valence-electron chi connectivity index (χ2n) is 7.96. The molecule has 1 amide bonds. The summed E-state index contributed by atoms with van der Waals surface area (Å²) in [5, 5.41) is 7.54. The van der Waals surface area contributed by atoms with Crippen LogP contribution >= 0.6 is 0 Å². The lowest BCUT2D eigenvalue weighted by atomic mass is 10.1. The molecule has 7 heteroatoms. The van der Waals surface area contributed by atoms with E-state index in [4.69, 9.17) is 0 Å². The Morgan fingerprint density at radius 2 is 1.78 bits per heavy atom. The minimum absolute atomic E-state index is 0.144. The van der Waals surface area contributed by atoms with Gasteiger partial charge in [-0.05, 0) is 63.1 Å². The van der Waals surface area contributed by atoms with Crippen molar-refractivity contribution in [3.05, 3.63) is 81.4 Å². The zero-order valence-electron chi connectivity index (χ0n) is 18.8. The minimum Gasteiger partial charge on any atom is -0.326 e. The first-order valence-corrected chi connectivity index (χ1v) is 10.8. The number of aromatic nitrogens is 4. The highest BCUT2D eigenvalue weighted by Crippen LogP contribution is 2.20. The Bertz CT molecular complexity index is 1350. The Labute approximate surface area is 186 Å². The van der Waals surface area contributed by atoms with Crippen LogP contribution in [0.2, 0.25) is 0 Å². The van der Waals surface area contributed by atoms with E-state index in [1.165, 1.54) is 5.56 Å². The molecule has 1 N–H and O–H groups in total. The molecule has 0 spiro atoms. The number of anilines is 1. The second-order valence-corrected chi connectivity index (χ2v) is 7.96. The Balaban J connectivity index is 1.63. The number of carbonyl (C=O) groups excluding carboxylic acids is 1. The lowest BCUT2D eigenvalue weighted by Gasteiger charge is -2.11. The third kappa shape index (κ3) is 4.06. The van der Waals surface area contributed by atoms with Crippen LogP contribution in [-0.2, 0) is 17.8 Å². The fraction of sp³-hybridized carbons (Fsp3) is 0.280. The predicted molar refractivity (Wildman–Crippen MR) is 126 cm³/mol. The zero-order chi connectivity index (χ0) is 22.8. The third-order valence-corrected chi connectivity index (χ3v) is 5.70. The van der Waals surface area contributed by atoms with Crippen molar-refractivity contribution in [2.75, 3.05) is 5.32 Å². The first-order chi connectivity index (χ1) is 15.4. The molecule has 32 heavy (non-hydrogen) atoms.